The van der Waals surface area contributed by atoms with E-state index in [1.165, 1.54) is 13.2 Å². The molecule has 0 unspecified atom stereocenters. The van der Waals surface area contributed by atoms with Crippen LogP contribution in [0.3, 0.4) is 0 Å². The number of sulfonamides is 1. The number of aryl methyl sites for hydroxylation is 1. The minimum Gasteiger partial charge on any atom is -0.495 e. The van der Waals surface area contributed by atoms with Crippen LogP contribution in [0.5, 0.6) is 5.75 Å². The molecule has 2 aromatic carbocycles. The van der Waals surface area contributed by atoms with E-state index in [0.29, 0.717) is 0 Å². The summed E-state index contributed by atoms with van der Waals surface area (Å²) in [6.07, 6.45) is 3.48. The Hall–Kier alpha value is -2.71. The first kappa shape index (κ1) is 18.1. The molecular weight excluding hydrogens is 357 g/mol. The van der Waals surface area contributed by atoms with Gasteiger partial charge < -0.3 is 9.30 Å². The summed E-state index contributed by atoms with van der Waals surface area (Å²) < 4.78 is 48.2. The maximum absolute atomic E-state index is 13.5. The third kappa shape index (κ3) is 3.61. The van der Waals surface area contributed by atoms with Gasteiger partial charge in [-0.3, -0.25) is 0 Å². The lowest BCUT2D eigenvalue weighted by Gasteiger charge is -2.14. The molecule has 0 aliphatic carbocycles. The molecule has 0 saturated carbocycles. The zero-order chi connectivity index (χ0) is 18.7. The first-order valence-corrected chi connectivity index (χ1v) is 9.32. The standard InChI is InChI=1S/C18H18FN3O3S/c1-13-20-9-10-22(13)16-6-4-3-5-14(16)12-21-26(23,24)18-11-15(19)7-8-17(18)25-2/h3-11,21H,12H2,1-2H3. The second kappa shape index (κ2) is 7.27. The fourth-order valence-corrected chi connectivity index (χ4v) is 3.82. The molecule has 0 aliphatic heterocycles. The van der Waals surface area contributed by atoms with Crippen LogP contribution in [0.4, 0.5) is 4.39 Å². The van der Waals surface area contributed by atoms with Crippen molar-refractivity contribution in [1.29, 1.82) is 0 Å². The normalized spacial score (nSPS) is 11.5. The summed E-state index contributed by atoms with van der Waals surface area (Å²) in [6.45, 7) is 1.90. The van der Waals surface area contributed by atoms with E-state index in [4.69, 9.17) is 4.74 Å². The molecule has 0 spiro atoms. The van der Waals surface area contributed by atoms with Crippen molar-refractivity contribution in [1.82, 2.24) is 14.3 Å². The van der Waals surface area contributed by atoms with Gasteiger partial charge in [0, 0.05) is 18.9 Å². The monoisotopic (exact) mass is 375 g/mol. The summed E-state index contributed by atoms with van der Waals surface area (Å²) in [6, 6.07) is 10.8. The van der Waals surface area contributed by atoms with Gasteiger partial charge in [-0.25, -0.2) is 22.5 Å². The fraction of sp³-hybridized carbons (Fsp3) is 0.167. The molecule has 1 aromatic heterocycles. The maximum atomic E-state index is 13.5. The van der Waals surface area contributed by atoms with Gasteiger partial charge in [-0.05, 0) is 36.8 Å². The van der Waals surface area contributed by atoms with Crippen LogP contribution >= 0.6 is 0 Å². The van der Waals surface area contributed by atoms with Gasteiger partial charge in [0.15, 0.2) is 0 Å². The topological polar surface area (TPSA) is 73.2 Å². The number of hydrogen-bond acceptors (Lipinski definition) is 4. The summed E-state index contributed by atoms with van der Waals surface area (Å²) in [5.74, 6) is 0.213. The Morgan fingerprint density at radius 1 is 1.23 bits per heavy atom. The molecule has 136 valence electrons. The Morgan fingerprint density at radius 2 is 2.00 bits per heavy atom. The predicted octanol–water partition coefficient (Wildman–Crippen LogP) is 2.81. The van der Waals surface area contributed by atoms with E-state index in [0.717, 1.165) is 29.2 Å². The largest absolute Gasteiger partial charge is 0.495 e. The summed E-state index contributed by atoms with van der Waals surface area (Å²) >= 11 is 0. The molecule has 0 aliphatic rings. The quantitative estimate of drug-likeness (QED) is 0.719. The van der Waals surface area contributed by atoms with Crippen molar-refractivity contribution in [3.05, 3.63) is 72.1 Å². The van der Waals surface area contributed by atoms with Gasteiger partial charge in [-0.1, -0.05) is 18.2 Å². The molecule has 26 heavy (non-hydrogen) atoms. The zero-order valence-electron chi connectivity index (χ0n) is 14.3. The highest BCUT2D eigenvalue weighted by molar-refractivity contribution is 7.89. The average Bonchev–Trinajstić information content (AvgIpc) is 3.06. The van der Waals surface area contributed by atoms with Crippen LogP contribution in [-0.2, 0) is 16.6 Å². The number of nitrogens with one attached hydrogen (secondary N) is 1. The number of rotatable bonds is 6. The molecule has 6 nitrogen and oxygen atoms in total. The third-order valence-electron chi connectivity index (χ3n) is 3.94. The van der Waals surface area contributed by atoms with Crippen molar-refractivity contribution in [2.24, 2.45) is 0 Å². The van der Waals surface area contributed by atoms with Crippen molar-refractivity contribution in [2.45, 2.75) is 18.4 Å². The summed E-state index contributed by atoms with van der Waals surface area (Å²) in [5.41, 5.74) is 1.57. The highest BCUT2D eigenvalue weighted by atomic mass is 32.2. The SMILES string of the molecule is COc1ccc(F)cc1S(=O)(=O)NCc1ccccc1-n1ccnc1C. The first-order chi connectivity index (χ1) is 12.4. The number of halogens is 1. The van der Waals surface area contributed by atoms with Crippen LogP contribution in [0.15, 0.2) is 59.8 Å². The summed E-state index contributed by atoms with van der Waals surface area (Å²) in [5, 5.41) is 0. The lowest BCUT2D eigenvalue weighted by molar-refractivity contribution is 0.400. The molecule has 1 heterocycles. The highest BCUT2D eigenvalue weighted by Crippen LogP contribution is 2.25. The first-order valence-electron chi connectivity index (χ1n) is 7.84. The van der Waals surface area contributed by atoms with E-state index in [9.17, 15) is 12.8 Å². The lowest BCUT2D eigenvalue weighted by atomic mass is 10.2. The number of nitrogens with zero attached hydrogens (tertiary/aromatic N) is 2. The van der Waals surface area contributed by atoms with Crippen molar-refractivity contribution in [3.8, 4) is 11.4 Å². The molecule has 1 N–H and O–H groups in total. The Morgan fingerprint density at radius 3 is 2.69 bits per heavy atom. The van der Waals surface area contributed by atoms with E-state index in [1.54, 1.807) is 12.4 Å². The lowest BCUT2D eigenvalue weighted by Crippen LogP contribution is -2.24. The maximum Gasteiger partial charge on any atom is 0.244 e. The van der Waals surface area contributed by atoms with E-state index in [2.05, 4.69) is 9.71 Å². The number of ether oxygens (including phenoxy) is 1. The number of hydrogen-bond donors (Lipinski definition) is 1. The van der Waals surface area contributed by atoms with E-state index >= 15 is 0 Å². The van der Waals surface area contributed by atoms with Gasteiger partial charge in [0.25, 0.3) is 0 Å². The van der Waals surface area contributed by atoms with Crippen molar-refractivity contribution >= 4 is 10.0 Å². The number of para-hydroxylation sites is 1. The second-order valence-electron chi connectivity index (χ2n) is 5.59. The molecule has 3 aromatic rings. The molecule has 8 heteroatoms. The van der Waals surface area contributed by atoms with Gasteiger partial charge in [-0.15, -0.1) is 0 Å². The average molecular weight is 375 g/mol. The molecule has 0 radical (unpaired) electrons. The number of imidazole rings is 1. The number of aromatic nitrogens is 2. The molecule has 3 rings (SSSR count). The third-order valence-corrected chi connectivity index (χ3v) is 5.37. The van der Waals surface area contributed by atoms with E-state index in [1.807, 2.05) is 35.8 Å². The Bertz CT molecular complexity index is 1030. The molecule has 0 fully saturated rings. The van der Waals surface area contributed by atoms with Gasteiger partial charge >= 0.3 is 0 Å². The molecular formula is C18H18FN3O3S. The fourth-order valence-electron chi connectivity index (χ4n) is 2.64. The van der Waals surface area contributed by atoms with E-state index < -0.39 is 15.8 Å². The molecule has 0 amide bonds. The smallest absolute Gasteiger partial charge is 0.244 e. The second-order valence-corrected chi connectivity index (χ2v) is 7.33. The Balaban J connectivity index is 1.91. The zero-order valence-corrected chi connectivity index (χ0v) is 15.1. The molecule has 0 bridgehead atoms. The van der Waals surface area contributed by atoms with Crippen molar-refractivity contribution in [2.75, 3.05) is 7.11 Å². The predicted molar refractivity (Wildman–Crippen MR) is 95.3 cm³/mol. The molecule has 0 atom stereocenters. The van der Waals surface area contributed by atoms with Gasteiger partial charge in [0.05, 0.1) is 12.8 Å². The van der Waals surface area contributed by atoms with Crippen LogP contribution in [0.2, 0.25) is 0 Å². The van der Waals surface area contributed by atoms with E-state index in [-0.39, 0.29) is 17.2 Å². The van der Waals surface area contributed by atoms with Crippen molar-refractivity contribution in [3.63, 3.8) is 0 Å². The summed E-state index contributed by atoms with van der Waals surface area (Å²) in [7, 11) is -2.62. The van der Waals surface area contributed by atoms with Crippen molar-refractivity contribution < 1.29 is 17.5 Å². The number of methoxy groups -OCH3 is 1. The van der Waals surface area contributed by atoms with Gasteiger partial charge in [-0.2, -0.15) is 0 Å². The highest BCUT2D eigenvalue weighted by Gasteiger charge is 2.21. The van der Waals surface area contributed by atoms with Crippen LogP contribution in [0, 0.1) is 12.7 Å². The minimum absolute atomic E-state index is 0.0375. The Kier molecular flexibility index (Phi) is 5.06. The minimum atomic E-state index is -3.96. The summed E-state index contributed by atoms with van der Waals surface area (Å²) in [4.78, 5) is 3.95. The van der Waals surface area contributed by atoms with Gasteiger partial charge in [0.2, 0.25) is 10.0 Å². The Labute approximate surface area is 151 Å². The van der Waals surface area contributed by atoms with Crippen LogP contribution in [0.25, 0.3) is 5.69 Å². The van der Waals surface area contributed by atoms with Crippen LogP contribution < -0.4 is 9.46 Å². The van der Waals surface area contributed by atoms with Crippen LogP contribution in [0.1, 0.15) is 11.4 Å². The van der Waals surface area contributed by atoms with Gasteiger partial charge in [0.1, 0.15) is 22.3 Å². The number of benzene rings is 2. The van der Waals surface area contributed by atoms with Crippen LogP contribution in [-0.4, -0.2) is 25.1 Å². The molecule has 0 saturated heterocycles.